The zero-order valence-electron chi connectivity index (χ0n) is 18.0. The molecule has 27 heavy (non-hydrogen) atoms. The SMILES string of the molecule is [B][C@@H]1O[C@H](CO[P+](=O)OC[C@@H]2C(C)[C@H](C)O[C@@H]2CC(C)C)[C@H](C(C)C)C1C. The highest BCUT2D eigenvalue weighted by atomic mass is 31.1. The average Bonchev–Trinajstić information content (AvgIpc) is 3.00. The molecule has 9 atom stereocenters. The molecule has 0 amide bonds. The normalized spacial score (nSPS) is 40.3. The molecule has 2 aliphatic rings. The second kappa shape index (κ2) is 10.2. The zero-order chi connectivity index (χ0) is 20.3. The molecular formula is C20H37BO5P+. The maximum absolute atomic E-state index is 12.3. The van der Waals surface area contributed by atoms with E-state index >= 15 is 0 Å². The third-order valence-corrected chi connectivity index (χ3v) is 7.08. The smallest absolute Gasteiger partial charge is 0.382 e. The molecule has 5 nitrogen and oxygen atoms in total. The van der Waals surface area contributed by atoms with Crippen molar-refractivity contribution in [3.05, 3.63) is 0 Å². The van der Waals surface area contributed by atoms with Crippen molar-refractivity contribution in [2.75, 3.05) is 13.2 Å². The Bertz CT molecular complexity index is 487. The lowest BCUT2D eigenvalue weighted by atomic mass is 9.76. The molecule has 2 saturated heterocycles. The van der Waals surface area contributed by atoms with Crippen LogP contribution in [0.2, 0.25) is 0 Å². The average molecular weight is 399 g/mol. The van der Waals surface area contributed by atoms with Crippen LogP contribution in [0.1, 0.15) is 54.9 Å². The topological polar surface area (TPSA) is 54.0 Å². The van der Waals surface area contributed by atoms with Crippen molar-refractivity contribution in [1.29, 1.82) is 0 Å². The Balaban J connectivity index is 1.81. The summed E-state index contributed by atoms with van der Waals surface area (Å²) in [5, 5.41) is 0. The molecule has 3 unspecified atom stereocenters. The first-order valence-corrected chi connectivity index (χ1v) is 11.5. The number of rotatable bonds is 9. The Morgan fingerprint density at radius 1 is 0.963 bits per heavy atom. The van der Waals surface area contributed by atoms with Gasteiger partial charge >= 0.3 is 8.25 Å². The first-order valence-electron chi connectivity index (χ1n) is 10.4. The Labute approximate surface area is 167 Å². The van der Waals surface area contributed by atoms with E-state index in [2.05, 4.69) is 48.5 Å². The third-order valence-electron chi connectivity index (χ3n) is 6.36. The highest BCUT2D eigenvalue weighted by molar-refractivity contribution is 7.33. The van der Waals surface area contributed by atoms with Crippen LogP contribution in [0, 0.1) is 35.5 Å². The van der Waals surface area contributed by atoms with Gasteiger partial charge in [0.05, 0.1) is 18.3 Å². The number of hydrogen-bond acceptors (Lipinski definition) is 5. The molecule has 0 bridgehead atoms. The van der Waals surface area contributed by atoms with Gasteiger partial charge in [0.1, 0.15) is 21.1 Å². The van der Waals surface area contributed by atoms with Crippen molar-refractivity contribution in [1.82, 2.24) is 0 Å². The van der Waals surface area contributed by atoms with Crippen LogP contribution >= 0.6 is 8.25 Å². The summed E-state index contributed by atoms with van der Waals surface area (Å²) in [5.74, 6) is 2.15. The molecule has 0 N–H and O–H groups in total. The zero-order valence-corrected chi connectivity index (χ0v) is 18.9. The van der Waals surface area contributed by atoms with Gasteiger partial charge in [-0.05, 0) is 42.9 Å². The van der Waals surface area contributed by atoms with Crippen LogP contribution in [-0.4, -0.2) is 45.4 Å². The summed E-state index contributed by atoms with van der Waals surface area (Å²) in [6.45, 7) is 15.7. The van der Waals surface area contributed by atoms with Gasteiger partial charge in [-0.3, -0.25) is 0 Å². The van der Waals surface area contributed by atoms with Crippen molar-refractivity contribution < 1.29 is 23.1 Å². The summed E-state index contributed by atoms with van der Waals surface area (Å²) >= 11 is 0. The molecule has 0 aromatic rings. The summed E-state index contributed by atoms with van der Waals surface area (Å²) in [5.41, 5.74) is 0. The molecular weight excluding hydrogens is 362 g/mol. The summed E-state index contributed by atoms with van der Waals surface area (Å²) in [4.78, 5) is 0. The van der Waals surface area contributed by atoms with Crippen molar-refractivity contribution in [3.63, 3.8) is 0 Å². The van der Waals surface area contributed by atoms with Gasteiger partial charge in [0.25, 0.3) is 0 Å². The lowest BCUT2D eigenvalue weighted by Crippen LogP contribution is -2.28. The predicted octanol–water partition coefficient (Wildman–Crippen LogP) is 4.56. The van der Waals surface area contributed by atoms with Crippen LogP contribution < -0.4 is 0 Å². The summed E-state index contributed by atoms with van der Waals surface area (Å²) in [7, 11) is 3.85. The van der Waals surface area contributed by atoms with Crippen LogP contribution in [0.4, 0.5) is 0 Å². The monoisotopic (exact) mass is 399 g/mol. The molecule has 0 spiro atoms. The fourth-order valence-corrected chi connectivity index (χ4v) is 5.26. The van der Waals surface area contributed by atoms with Crippen molar-refractivity contribution in [2.24, 2.45) is 35.5 Å². The van der Waals surface area contributed by atoms with Crippen LogP contribution in [0.5, 0.6) is 0 Å². The molecule has 0 aliphatic carbocycles. The molecule has 2 heterocycles. The second-order valence-electron chi connectivity index (χ2n) is 9.17. The number of ether oxygens (including phenoxy) is 2. The molecule has 2 radical (unpaired) electrons. The van der Waals surface area contributed by atoms with Crippen molar-refractivity contribution in [2.45, 2.75) is 79.2 Å². The van der Waals surface area contributed by atoms with Gasteiger partial charge < -0.3 is 9.47 Å². The summed E-state index contributed by atoms with van der Waals surface area (Å²) < 4.78 is 35.3. The summed E-state index contributed by atoms with van der Waals surface area (Å²) in [6, 6.07) is -0.292. The van der Waals surface area contributed by atoms with E-state index in [9.17, 15) is 4.57 Å². The second-order valence-corrected chi connectivity index (χ2v) is 10.1. The van der Waals surface area contributed by atoms with Crippen LogP contribution in [0.15, 0.2) is 0 Å². The van der Waals surface area contributed by atoms with E-state index in [0.29, 0.717) is 30.3 Å². The van der Waals surface area contributed by atoms with Gasteiger partial charge in [-0.25, -0.2) is 0 Å². The van der Waals surface area contributed by atoms with Gasteiger partial charge in [0.2, 0.25) is 0 Å². The maximum Gasteiger partial charge on any atom is 0.697 e. The summed E-state index contributed by atoms with van der Waals surface area (Å²) in [6.07, 6.45) is 1.20. The predicted molar refractivity (Wildman–Crippen MR) is 108 cm³/mol. The molecule has 2 rings (SSSR count). The van der Waals surface area contributed by atoms with Gasteiger partial charge in [0, 0.05) is 16.5 Å². The minimum atomic E-state index is -2.18. The van der Waals surface area contributed by atoms with E-state index in [-0.39, 0.29) is 42.8 Å². The highest BCUT2D eigenvalue weighted by Gasteiger charge is 2.44. The minimum absolute atomic E-state index is 0.139. The lowest BCUT2D eigenvalue weighted by molar-refractivity contribution is 0.0156. The molecule has 0 aromatic carbocycles. The fourth-order valence-electron chi connectivity index (χ4n) is 4.62. The van der Waals surface area contributed by atoms with E-state index in [1.807, 2.05) is 0 Å². The van der Waals surface area contributed by atoms with Crippen LogP contribution in [0.3, 0.4) is 0 Å². The van der Waals surface area contributed by atoms with E-state index < -0.39 is 8.25 Å². The standard InChI is InChI=1S/C20H37BO5P/c1-11(2)8-17-16(13(5)15(7)25-17)9-23-27(22)24-10-18-19(12(3)4)14(6)20(21)26-18/h11-20H,8-10H2,1-7H3/q+1/t13?,14?,15-,16+,17+,18+,19+,20+/m0/s1. The van der Waals surface area contributed by atoms with Gasteiger partial charge in [-0.15, -0.1) is 9.05 Å². The Hall–Kier alpha value is 0.00494. The van der Waals surface area contributed by atoms with Gasteiger partial charge in [-0.2, -0.15) is 0 Å². The quantitative estimate of drug-likeness (QED) is 0.420. The first kappa shape index (κ1) is 23.3. The van der Waals surface area contributed by atoms with Gasteiger partial charge in [0.15, 0.2) is 0 Å². The fraction of sp³-hybridized carbons (Fsp3) is 1.00. The minimum Gasteiger partial charge on any atom is -0.382 e. The van der Waals surface area contributed by atoms with Gasteiger partial charge in [-0.1, -0.05) is 41.5 Å². The molecule has 7 heteroatoms. The van der Waals surface area contributed by atoms with Crippen LogP contribution in [-0.2, 0) is 23.1 Å². The number of hydrogen-bond donors (Lipinski definition) is 0. The van der Waals surface area contributed by atoms with Crippen LogP contribution in [0.25, 0.3) is 0 Å². The third kappa shape index (κ3) is 5.99. The van der Waals surface area contributed by atoms with E-state index in [1.54, 1.807) is 0 Å². The molecule has 2 fully saturated rings. The molecule has 154 valence electrons. The Kier molecular flexibility index (Phi) is 8.76. The Morgan fingerprint density at radius 2 is 1.59 bits per heavy atom. The van der Waals surface area contributed by atoms with Crippen molar-refractivity contribution >= 4 is 16.1 Å². The van der Waals surface area contributed by atoms with Crippen molar-refractivity contribution in [3.8, 4) is 0 Å². The lowest BCUT2D eigenvalue weighted by Gasteiger charge is -2.23. The maximum atomic E-state index is 12.3. The molecule has 0 aromatic heterocycles. The Morgan fingerprint density at radius 3 is 2.19 bits per heavy atom. The largest absolute Gasteiger partial charge is 0.697 e. The van der Waals surface area contributed by atoms with E-state index in [1.165, 1.54) is 0 Å². The molecule has 2 aliphatic heterocycles. The molecule has 0 saturated carbocycles. The van der Waals surface area contributed by atoms with E-state index in [0.717, 1.165) is 6.42 Å². The highest BCUT2D eigenvalue weighted by Crippen LogP contribution is 2.40. The first-order chi connectivity index (χ1) is 12.6. The van der Waals surface area contributed by atoms with E-state index in [4.69, 9.17) is 26.4 Å².